The normalized spacial score (nSPS) is 9.45. The Morgan fingerprint density at radius 3 is 2.41 bits per heavy atom. The molecule has 1 rings (SSSR count). The fourth-order valence-corrected chi connectivity index (χ4v) is 1.61. The molecule has 0 saturated heterocycles. The van der Waals surface area contributed by atoms with Gasteiger partial charge >= 0.3 is 0 Å². The van der Waals surface area contributed by atoms with E-state index in [0.717, 1.165) is 0 Å². The van der Waals surface area contributed by atoms with Gasteiger partial charge < -0.3 is 20.1 Å². The second-order valence-corrected chi connectivity index (χ2v) is 4.33. The van der Waals surface area contributed by atoms with Gasteiger partial charge in [0.1, 0.15) is 6.42 Å². The van der Waals surface area contributed by atoms with Crippen molar-refractivity contribution >= 4 is 11.8 Å². The highest BCUT2D eigenvalue weighted by Crippen LogP contribution is 2.25. The molecule has 0 aliphatic heterocycles. The van der Waals surface area contributed by atoms with E-state index in [1.807, 2.05) is 6.07 Å². The summed E-state index contributed by atoms with van der Waals surface area (Å²) in [4.78, 5) is 22.6. The van der Waals surface area contributed by atoms with Crippen molar-refractivity contribution in [2.45, 2.75) is 12.8 Å². The number of rotatable bonds is 9. The van der Waals surface area contributed by atoms with Crippen molar-refractivity contribution in [2.24, 2.45) is 0 Å². The second-order valence-electron chi connectivity index (χ2n) is 4.33. The Balaban J connectivity index is 2.16. The number of carbonyl (C=O) groups excluding carboxylic acids is 2. The minimum atomic E-state index is -0.312. The lowest BCUT2D eigenvalue weighted by atomic mass is 10.3. The minimum absolute atomic E-state index is 0.110. The van der Waals surface area contributed by atoms with Gasteiger partial charge in [0.25, 0.3) is 5.91 Å². The lowest BCUT2D eigenvalue weighted by Crippen LogP contribution is -2.32. The van der Waals surface area contributed by atoms with Crippen LogP contribution in [-0.4, -0.2) is 38.6 Å². The number of nitrogens with one attached hydrogen (secondary N) is 2. The van der Waals surface area contributed by atoms with Crippen LogP contribution in [0.1, 0.15) is 12.8 Å². The monoisotopic (exact) mass is 305 g/mol. The van der Waals surface area contributed by atoms with Crippen molar-refractivity contribution in [3.8, 4) is 17.6 Å². The number of methoxy groups -OCH3 is 1. The molecule has 0 spiro atoms. The van der Waals surface area contributed by atoms with Crippen molar-refractivity contribution in [2.75, 3.05) is 26.8 Å². The molecule has 0 bridgehead atoms. The van der Waals surface area contributed by atoms with Crippen molar-refractivity contribution < 1.29 is 19.1 Å². The maximum absolute atomic E-state index is 11.6. The molecule has 1 aromatic carbocycles. The first-order valence-corrected chi connectivity index (χ1v) is 6.83. The zero-order valence-corrected chi connectivity index (χ0v) is 12.4. The first kappa shape index (κ1) is 17.3. The van der Waals surface area contributed by atoms with Gasteiger partial charge in [-0.2, -0.15) is 5.26 Å². The van der Waals surface area contributed by atoms with Crippen LogP contribution in [0.4, 0.5) is 0 Å². The summed E-state index contributed by atoms with van der Waals surface area (Å²) in [7, 11) is 1.53. The summed E-state index contributed by atoms with van der Waals surface area (Å²) >= 11 is 0. The van der Waals surface area contributed by atoms with Gasteiger partial charge in [-0.05, 0) is 18.6 Å². The lowest BCUT2D eigenvalue weighted by Gasteiger charge is -2.10. The molecule has 7 heteroatoms. The highest BCUT2D eigenvalue weighted by atomic mass is 16.5. The number of para-hydroxylation sites is 2. The van der Waals surface area contributed by atoms with E-state index in [-0.39, 0.29) is 24.8 Å². The van der Waals surface area contributed by atoms with Crippen molar-refractivity contribution in [1.29, 1.82) is 5.26 Å². The van der Waals surface area contributed by atoms with Gasteiger partial charge in [-0.1, -0.05) is 12.1 Å². The van der Waals surface area contributed by atoms with Crippen molar-refractivity contribution in [3.63, 3.8) is 0 Å². The first-order valence-electron chi connectivity index (χ1n) is 6.83. The van der Waals surface area contributed by atoms with E-state index >= 15 is 0 Å². The summed E-state index contributed by atoms with van der Waals surface area (Å²) in [5.41, 5.74) is 0. The fraction of sp³-hybridized carbons (Fsp3) is 0.400. The molecule has 0 aliphatic rings. The summed E-state index contributed by atoms with van der Waals surface area (Å²) in [5.74, 6) is 0.502. The van der Waals surface area contributed by atoms with Crippen LogP contribution >= 0.6 is 0 Å². The highest BCUT2D eigenvalue weighted by Gasteiger charge is 2.06. The maximum atomic E-state index is 11.6. The van der Waals surface area contributed by atoms with E-state index in [4.69, 9.17) is 14.7 Å². The smallest absolute Gasteiger partial charge is 0.257 e. The number of carbonyl (C=O) groups is 2. The van der Waals surface area contributed by atoms with Gasteiger partial charge in [0, 0.05) is 13.1 Å². The summed E-state index contributed by atoms with van der Waals surface area (Å²) in [6.45, 7) is 0.719. The zero-order valence-electron chi connectivity index (χ0n) is 12.4. The molecule has 1 aromatic rings. The molecule has 2 N–H and O–H groups in total. The van der Waals surface area contributed by atoms with Crippen LogP contribution in [0.25, 0.3) is 0 Å². The molecule has 118 valence electrons. The third-order valence-corrected chi connectivity index (χ3v) is 2.67. The molecule has 0 aliphatic carbocycles. The SMILES string of the molecule is COc1ccccc1OCC(=O)NCCCNC(=O)CC#N. The topological polar surface area (TPSA) is 100 Å². The molecule has 22 heavy (non-hydrogen) atoms. The average Bonchev–Trinajstić information content (AvgIpc) is 2.53. The van der Waals surface area contributed by atoms with Crippen LogP contribution in [0.5, 0.6) is 11.5 Å². The van der Waals surface area contributed by atoms with Gasteiger partial charge in [0.15, 0.2) is 18.1 Å². The van der Waals surface area contributed by atoms with E-state index in [9.17, 15) is 9.59 Å². The Morgan fingerprint density at radius 1 is 1.14 bits per heavy atom. The van der Waals surface area contributed by atoms with Crippen LogP contribution in [0.3, 0.4) is 0 Å². The third-order valence-electron chi connectivity index (χ3n) is 2.67. The molecule has 0 radical (unpaired) electrons. The van der Waals surface area contributed by atoms with E-state index < -0.39 is 0 Å². The fourth-order valence-electron chi connectivity index (χ4n) is 1.61. The molecule has 0 unspecified atom stereocenters. The molecule has 7 nitrogen and oxygen atoms in total. The van der Waals surface area contributed by atoms with Crippen LogP contribution in [-0.2, 0) is 9.59 Å². The minimum Gasteiger partial charge on any atom is -0.493 e. The van der Waals surface area contributed by atoms with Crippen LogP contribution < -0.4 is 20.1 Å². The van der Waals surface area contributed by atoms with Crippen LogP contribution in [0.15, 0.2) is 24.3 Å². The molecule has 0 saturated carbocycles. The van der Waals surface area contributed by atoms with Gasteiger partial charge in [-0.15, -0.1) is 0 Å². The molecule has 2 amide bonds. The Morgan fingerprint density at radius 2 is 1.77 bits per heavy atom. The standard InChI is InChI=1S/C15H19N3O4/c1-21-12-5-2-3-6-13(12)22-11-15(20)18-10-4-9-17-14(19)7-8-16/h2-3,5-6H,4,7,9-11H2,1H3,(H,17,19)(H,18,20). The Hall–Kier alpha value is -2.75. The first-order chi connectivity index (χ1) is 10.7. The molecular weight excluding hydrogens is 286 g/mol. The lowest BCUT2D eigenvalue weighted by molar-refractivity contribution is -0.123. The number of hydrogen-bond donors (Lipinski definition) is 2. The molecular formula is C15H19N3O4. The summed E-state index contributed by atoms with van der Waals surface area (Å²) < 4.78 is 10.5. The average molecular weight is 305 g/mol. The summed E-state index contributed by atoms with van der Waals surface area (Å²) in [6, 6.07) is 8.83. The van der Waals surface area contributed by atoms with Gasteiger partial charge in [-0.3, -0.25) is 9.59 Å². The largest absolute Gasteiger partial charge is 0.493 e. The third kappa shape index (κ3) is 6.61. The van der Waals surface area contributed by atoms with Gasteiger partial charge in [-0.25, -0.2) is 0 Å². The van der Waals surface area contributed by atoms with E-state index in [1.165, 1.54) is 7.11 Å². The van der Waals surface area contributed by atoms with Crippen LogP contribution in [0, 0.1) is 11.3 Å². The maximum Gasteiger partial charge on any atom is 0.257 e. The number of nitrogens with zero attached hydrogens (tertiary/aromatic N) is 1. The molecule has 0 heterocycles. The number of ether oxygens (including phenoxy) is 2. The van der Waals surface area contributed by atoms with E-state index in [0.29, 0.717) is 31.0 Å². The van der Waals surface area contributed by atoms with Crippen LogP contribution in [0.2, 0.25) is 0 Å². The Kier molecular flexibility index (Phi) is 7.90. The Labute approximate surface area is 129 Å². The summed E-state index contributed by atoms with van der Waals surface area (Å²) in [5, 5.41) is 13.6. The molecule has 0 aromatic heterocycles. The molecule has 0 fully saturated rings. The number of hydrogen-bond acceptors (Lipinski definition) is 5. The quantitative estimate of drug-likeness (QED) is 0.651. The second kappa shape index (κ2) is 10.0. The van der Waals surface area contributed by atoms with E-state index in [2.05, 4.69) is 10.6 Å². The summed E-state index contributed by atoms with van der Waals surface area (Å²) in [6.07, 6.45) is 0.427. The molecule has 0 atom stereocenters. The number of benzene rings is 1. The van der Waals surface area contributed by atoms with Gasteiger partial charge in [0.2, 0.25) is 5.91 Å². The zero-order chi connectivity index (χ0) is 16.2. The number of nitriles is 1. The predicted octanol–water partition coefficient (Wildman–Crippen LogP) is 0.610. The van der Waals surface area contributed by atoms with Gasteiger partial charge in [0.05, 0.1) is 13.2 Å². The number of amides is 2. The Bertz CT molecular complexity index is 540. The van der Waals surface area contributed by atoms with E-state index in [1.54, 1.807) is 24.3 Å². The predicted molar refractivity (Wildman–Crippen MR) is 79.4 cm³/mol. The van der Waals surface area contributed by atoms with Crippen molar-refractivity contribution in [1.82, 2.24) is 10.6 Å². The van der Waals surface area contributed by atoms with Crippen molar-refractivity contribution in [3.05, 3.63) is 24.3 Å². The highest BCUT2D eigenvalue weighted by molar-refractivity contribution is 5.78.